The first-order chi connectivity index (χ1) is 6.26. The van der Waals surface area contributed by atoms with Crippen LogP contribution in [0.5, 0.6) is 5.75 Å². The van der Waals surface area contributed by atoms with Crippen molar-refractivity contribution in [2.24, 2.45) is 5.92 Å². The molecule has 0 heterocycles. The second kappa shape index (κ2) is 4.90. The predicted molar refractivity (Wildman–Crippen MR) is 54.4 cm³/mol. The smallest absolute Gasteiger partial charge is 0.178 e. The van der Waals surface area contributed by atoms with Crippen molar-refractivity contribution in [3.63, 3.8) is 0 Å². The predicted octanol–water partition coefficient (Wildman–Crippen LogP) is 3.81. The molecule has 0 bridgehead atoms. The van der Waals surface area contributed by atoms with Crippen molar-refractivity contribution in [3.8, 4) is 5.75 Å². The third-order valence-electron chi connectivity index (χ3n) is 2.60. The summed E-state index contributed by atoms with van der Waals surface area (Å²) in [5.41, 5.74) is 1.29. The maximum Gasteiger partial charge on any atom is 0.178 e. The van der Waals surface area contributed by atoms with Crippen molar-refractivity contribution in [3.05, 3.63) is 29.8 Å². The van der Waals surface area contributed by atoms with Crippen molar-refractivity contribution in [2.45, 2.75) is 33.1 Å². The van der Waals surface area contributed by atoms with Gasteiger partial charge in [-0.1, -0.05) is 38.8 Å². The van der Waals surface area contributed by atoms with Crippen molar-refractivity contribution in [1.29, 1.82) is 0 Å². The molecule has 0 spiro atoms. The minimum absolute atomic E-state index is 0.105. The highest BCUT2D eigenvalue weighted by Gasteiger charge is 2.04. The zero-order chi connectivity index (χ0) is 9.68. The lowest BCUT2D eigenvalue weighted by molar-refractivity contribution is 0.354. The van der Waals surface area contributed by atoms with E-state index in [1.165, 1.54) is 18.4 Å². The summed E-state index contributed by atoms with van der Waals surface area (Å²) < 4.78 is 0. The Kier molecular flexibility index (Phi) is 3.81. The van der Waals surface area contributed by atoms with E-state index in [2.05, 4.69) is 13.8 Å². The molecular weight excluding hydrogens is 160 g/mol. The molecule has 0 N–H and O–H groups in total. The van der Waals surface area contributed by atoms with Crippen molar-refractivity contribution in [1.82, 2.24) is 0 Å². The Labute approximate surface area is 80.4 Å². The van der Waals surface area contributed by atoms with Gasteiger partial charge in [0.2, 0.25) is 0 Å². The van der Waals surface area contributed by atoms with Crippen LogP contribution < -0.4 is 0 Å². The summed E-state index contributed by atoms with van der Waals surface area (Å²) in [5, 5.41) is 10.8. The van der Waals surface area contributed by atoms with Crippen LogP contribution in [0.4, 0.5) is 0 Å². The summed E-state index contributed by atoms with van der Waals surface area (Å²) in [6.07, 6.45) is 3.54. The highest BCUT2D eigenvalue weighted by atomic mass is 16.3. The molecule has 0 fully saturated rings. The second-order valence-corrected chi connectivity index (χ2v) is 3.53. The molecule has 1 rings (SSSR count). The van der Waals surface area contributed by atoms with E-state index in [1.807, 2.05) is 12.1 Å². The molecule has 1 radical (unpaired) electrons. The fourth-order valence-electron chi connectivity index (χ4n) is 1.54. The van der Waals surface area contributed by atoms with Gasteiger partial charge in [-0.25, -0.2) is 0 Å². The van der Waals surface area contributed by atoms with E-state index in [0.29, 0.717) is 0 Å². The second-order valence-electron chi connectivity index (χ2n) is 3.53. The summed E-state index contributed by atoms with van der Waals surface area (Å²) in [5.74, 6) is 0.866. The number of rotatable bonds is 4. The number of hydrogen-bond acceptors (Lipinski definition) is 0. The van der Waals surface area contributed by atoms with Gasteiger partial charge in [0.25, 0.3) is 0 Å². The molecule has 0 aliphatic heterocycles. The van der Waals surface area contributed by atoms with Crippen LogP contribution >= 0.6 is 0 Å². The fraction of sp³-hybridized carbons (Fsp3) is 0.500. The highest BCUT2D eigenvalue weighted by Crippen LogP contribution is 2.17. The maximum atomic E-state index is 10.8. The Bertz CT molecular complexity index is 234. The van der Waals surface area contributed by atoms with E-state index in [0.717, 1.165) is 12.3 Å². The van der Waals surface area contributed by atoms with Crippen LogP contribution in [0.3, 0.4) is 0 Å². The molecule has 0 saturated heterocycles. The van der Waals surface area contributed by atoms with Gasteiger partial charge in [0.15, 0.2) is 5.75 Å². The Balaban J connectivity index is 2.58. The molecule has 13 heavy (non-hydrogen) atoms. The maximum absolute atomic E-state index is 10.8. The summed E-state index contributed by atoms with van der Waals surface area (Å²) in [6.45, 7) is 4.44. The molecule has 71 valence electrons. The SMILES string of the molecule is CCC(CC)Cc1ccc([O])cc1. The average molecular weight is 177 g/mol. The van der Waals surface area contributed by atoms with Gasteiger partial charge < -0.3 is 0 Å². The third kappa shape index (κ3) is 3.10. The van der Waals surface area contributed by atoms with Gasteiger partial charge in [-0.2, -0.15) is 0 Å². The van der Waals surface area contributed by atoms with Gasteiger partial charge in [0.05, 0.1) is 0 Å². The van der Waals surface area contributed by atoms with Gasteiger partial charge in [-0.3, -0.25) is 5.11 Å². The quantitative estimate of drug-likeness (QED) is 0.666. The lowest BCUT2D eigenvalue weighted by Crippen LogP contribution is -2.00. The molecule has 0 saturated carbocycles. The molecule has 0 amide bonds. The van der Waals surface area contributed by atoms with Crippen molar-refractivity contribution >= 4 is 0 Å². The van der Waals surface area contributed by atoms with Crippen LogP contribution in [0.15, 0.2) is 24.3 Å². The molecule has 0 aliphatic rings. The van der Waals surface area contributed by atoms with E-state index < -0.39 is 0 Å². The lowest BCUT2D eigenvalue weighted by atomic mass is 9.95. The molecule has 1 nitrogen and oxygen atoms in total. The molecule has 1 aromatic carbocycles. The van der Waals surface area contributed by atoms with Crippen LogP contribution in [0, 0.1) is 5.92 Å². The van der Waals surface area contributed by atoms with Gasteiger partial charge in [-0.05, 0) is 30.0 Å². The molecule has 0 aliphatic carbocycles. The van der Waals surface area contributed by atoms with E-state index in [4.69, 9.17) is 0 Å². The van der Waals surface area contributed by atoms with Gasteiger partial charge in [-0.15, -0.1) is 0 Å². The van der Waals surface area contributed by atoms with Crippen LogP contribution in [0.1, 0.15) is 32.3 Å². The molecule has 1 heteroatoms. The van der Waals surface area contributed by atoms with Crippen LogP contribution in [-0.4, -0.2) is 0 Å². The Morgan fingerprint density at radius 3 is 2.08 bits per heavy atom. The Morgan fingerprint density at radius 1 is 1.08 bits per heavy atom. The monoisotopic (exact) mass is 177 g/mol. The minimum atomic E-state index is 0.105. The molecule has 0 unspecified atom stereocenters. The van der Waals surface area contributed by atoms with Crippen LogP contribution in [0.2, 0.25) is 0 Å². The first kappa shape index (κ1) is 10.1. The van der Waals surface area contributed by atoms with Gasteiger partial charge in [0.1, 0.15) is 0 Å². The normalized spacial score (nSPS) is 10.7. The highest BCUT2D eigenvalue weighted by molar-refractivity contribution is 5.25. The molecule has 0 aromatic heterocycles. The molecule has 1 aromatic rings. The van der Waals surface area contributed by atoms with E-state index in [-0.39, 0.29) is 5.75 Å². The zero-order valence-electron chi connectivity index (χ0n) is 8.42. The third-order valence-corrected chi connectivity index (χ3v) is 2.60. The fourth-order valence-corrected chi connectivity index (χ4v) is 1.54. The van der Waals surface area contributed by atoms with Crippen LogP contribution in [0.25, 0.3) is 0 Å². The average Bonchev–Trinajstić information content (AvgIpc) is 2.17. The lowest BCUT2D eigenvalue weighted by Gasteiger charge is -2.11. The summed E-state index contributed by atoms with van der Waals surface area (Å²) in [4.78, 5) is 0. The summed E-state index contributed by atoms with van der Waals surface area (Å²) >= 11 is 0. The van der Waals surface area contributed by atoms with E-state index in [1.54, 1.807) is 12.1 Å². The van der Waals surface area contributed by atoms with Gasteiger partial charge in [0, 0.05) is 0 Å². The van der Waals surface area contributed by atoms with Crippen molar-refractivity contribution in [2.75, 3.05) is 0 Å². The Morgan fingerprint density at radius 2 is 1.62 bits per heavy atom. The summed E-state index contributed by atoms with van der Waals surface area (Å²) in [6, 6.07) is 7.19. The first-order valence-electron chi connectivity index (χ1n) is 5.02. The minimum Gasteiger partial charge on any atom is -0.290 e. The number of benzene rings is 1. The first-order valence-corrected chi connectivity index (χ1v) is 5.02. The topological polar surface area (TPSA) is 19.9 Å². The largest absolute Gasteiger partial charge is 0.290 e. The van der Waals surface area contributed by atoms with Gasteiger partial charge >= 0.3 is 0 Å². The van der Waals surface area contributed by atoms with E-state index >= 15 is 0 Å². The van der Waals surface area contributed by atoms with E-state index in [9.17, 15) is 5.11 Å². The number of hydrogen-bond donors (Lipinski definition) is 0. The molecule has 0 atom stereocenters. The van der Waals surface area contributed by atoms with Crippen LogP contribution in [-0.2, 0) is 11.5 Å². The Hall–Kier alpha value is -0.980. The molecular formula is C12H17O. The summed E-state index contributed by atoms with van der Waals surface area (Å²) in [7, 11) is 0. The standard InChI is InChI=1S/C12H17O/c1-3-10(4-2)9-11-5-7-12(13)8-6-11/h5-8,10H,3-4,9H2,1-2H3. The van der Waals surface area contributed by atoms with Crippen molar-refractivity contribution < 1.29 is 5.11 Å². The zero-order valence-corrected chi connectivity index (χ0v) is 8.42.